The number of carbonyl (C=O) groups is 4. The molecule has 12 nitrogen and oxygen atoms in total. The lowest BCUT2D eigenvalue weighted by Crippen LogP contribution is -2.54. The summed E-state index contributed by atoms with van der Waals surface area (Å²) in [6.07, 6.45) is -3.73. The van der Waals surface area contributed by atoms with Crippen LogP contribution in [0.3, 0.4) is 0 Å². The largest absolute Gasteiger partial charge is 0.450 e. The number of alkyl carbamates (subject to hydrolysis) is 2. The maximum atomic E-state index is 14.2. The predicted octanol–water partition coefficient (Wildman–Crippen LogP) is 2.96. The SMILES string of the molecule is CCOC(=O)NC(CC(=O)NCC(C)(C)CNC(=O)[C@@H](O)[C@@H](COCc1ccccc1)NC(=O)OCC)Cc1cc(F)ccc1F. The molecular formula is C32H44F2N4O8. The summed E-state index contributed by atoms with van der Waals surface area (Å²) < 4.78 is 43.3. The molecule has 0 bridgehead atoms. The minimum atomic E-state index is -1.68. The smallest absolute Gasteiger partial charge is 0.407 e. The van der Waals surface area contributed by atoms with Gasteiger partial charge in [0.25, 0.3) is 5.91 Å². The second kappa shape index (κ2) is 19.3. The van der Waals surface area contributed by atoms with Crippen LogP contribution in [0.2, 0.25) is 0 Å². The van der Waals surface area contributed by atoms with E-state index in [-0.39, 0.29) is 57.9 Å². The lowest BCUT2D eigenvalue weighted by Gasteiger charge is -2.28. The Hall–Kier alpha value is -4.30. The van der Waals surface area contributed by atoms with Crippen LogP contribution in [-0.2, 0) is 36.8 Å². The molecule has 254 valence electrons. The molecule has 14 heteroatoms. The van der Waals surface area contributed by atoms with Crippen molar-refractivity contribution in [2.24, 2.45) is 5.41 Å². The molecule has 1 unspecified atom stereocenters. The lowest BCUT2D eigenvalue weighted by molar-refractivity contribution is -0.132. The van der Waals surface area contributed by atoms with Gasteiger partial charge in [-0.3, -0.25) is 9.59 Å². The predicted molar refractivity (Wildman–Crippen MR) is 164 cm³/mol. The van der Waals surface area contributed by atoms with Crippen molar-refractivity contribution in [2.75, 3.05) is 32.9 Å². The van der Waals surface area contributed by atoms with E-state index in [1.165, 1.54) is 0 Å². The van der Waals surface area contributed by atoms with Crippen LogP contribution in [-0.4, -0.2) is 80.2 Å². The third-order valence-electron chi connectivity index (χ3n) is 6.65. The average Bonchev–Trinajstić information content (AvgIpc) is 3.00. The molecule has 2 rings (SSSR count). The molecule has 3 atom stereocenters. The number of carbonyl (C=O) groups excluding carboxylic acids is 4. The van der Waals surface area contributed by atoms with Crippen LogP contribution >= 0.6 is 0 Å². The van der Waals surface area contributed by atoms with Crippen LogP contribution in [0, 0.1) is 17.0 Å². The summed E-state index contributed by atoms with van der Waals surface area (Å²) in [4.78, 5) is 49.7. The van der Waals surface area contributed by atoms with E-state index >= 15 is 0 Å². The van der Waals surface area contributed by atoms with Crippen LogP contribution in [0.5, 0.6) is 0 Å². The van der Waals surface area contributed by atoms with E-state index in [0.29, 0.717) is 0 Å². The fraction of sp³-hybridized carbons (Fsp3) is 0.500. The number of aliphatic hydroxyl groups excluding tert-OH is 1. The van der Waals surface area contributed by atoms with Crippen molar-refractivity contribution in [3.05, 3.63) is 71.3 Å². The lowest BCUT2D eigenvalue weighted by atomic mass is 9.93. The second-order valence-corrected chi connectivity index (χ2v) is 11.3. The Morgan fingerprint density at radius 3 is 2.17 bits per heavy atom. The van der Waals surface area contributed by atoms with Gasteiger partial charge in [-0.25, -0.2) is 18.4 Å². The quantitative estimate of drug-likeness (QED) is 0.164. The average molecular weight is 651 g/mol. The summed E-state index contributed by atoms with van der Waals surface area (Å²) in [5, 5.41) is 21.0. The number of rotatable bonds is 18. The number of halogens is 2. The summed E-state index contributed by atoms with van der Waals surface area (Å²) in [6, 6.07) is 10.1. The molecule has 2 aromatic rings. The molecule has 0 saturated heterocycles. The van der Waals surface area contributed by atoms with Gasteiger partial charge in [-0.2, -0.15) is 0 Å². The highest BCUT2D eigenvalue weighted by molar-refractivity contribution is 5.82. The fourth-order valence-electron chi connectivity index (χ4n) is 4.20. The summed E-state index contributed by atoms with van der Waals surface area (Å²) in [5.74, 6) is -2.61. The van der Waals surface area contributed by atoms with E-state index in [1.807, 2.05) is 30.3 Å². The first kappa shape index (κ1) is 37.9. The molecule has 46 heavy (non-hydrogen) atoms. The molecule has 0 aliphatic carbocycles. The highest BCUT2D eigenvalue weighted by atomic mass is 19.1. The molecular weight excluding hydrogens is 606 g/mol. The molecule has 5 N–H and O–H groups in total. The van der Waals surface area contributed by atoms with Gasteiger partial charge in [0.2, 0.25) is 5.91 Å². The molecule has 4 amide bonds. The van der Waals surface area contributed by atoms with Crippen molar-refractivity contribution in [2.45, 2.75) is 65.3 Å². The van der Waals surface area contributed by atoms with E-state index in [4.69, 9.17) is 14.2 Å². The number of amides is 4. The minimum Gasteiger partial charge on any atom is -0.450 e. The van der Waals surface area contributed by atoms with E-state index < -0.39 is 59.2 Å². The van der Waals surface area contributed by atoms with Gasteiger partial charge in [-0.1, -0.05) is 44.2 Å². The van der Waals surface area contributed by atoms with Crippen LogP contribution < -0.4 is 21.3 Å². The summed E-state index contributed by atoms with van der Waals surface area (Å²) in [5.41, 5.74) is 0.138. The fourth-order valence-corrected chi connectivity index (χ4v) is 4.20. The van der Waals surface area contributed by atoms with Crippen molar-refractivity contribution < 1.29 is 47.3 Å². The maximum absolute atomic E-state index is 14.2. The van der Waals surface area contributed by atoms with Crippen molar-refractivity contribution in [3.8, 4) is 0 Å². The zero-order chi connectivity index (χ0) is 34.1. The second-order valence-electron chi connectivity index (χ2n) is 11.3. The first-order chi connectivity index (χ1) is 21.8. The van der Waals surface area contributed by atoms with Crippen LogP contribution in [0.15, 0.2) is 48.5 Å². The number of ether oxygens (including phenoxy) is 3. The van der Waals surface area contributed by atoms with Crippen molar-refractivity contribution in [3.63, 3.8) is 0 Å². The Morgan fingerprint density at radius 2 is 1.52 bits per heavy atom. The molecule has 0 radical (unpaired) electrons. The topological polar surface area (TPSA) is 164 Å². The van der Waals surface area contributed by atoms with Gasteiger partial charge in [0.05, 0.1) is 32.5 Å². The van der Waals surface area contributed by atoms with E-state index in [2.05, 4.69) is 21.3 Å². The zero-order valence-corrected chi connectivity index (χ0v) is 26.6. The molecule has 0 aliphatic heterocycles. The van der Waals surface area contributed by atoms with Gasteiger partial charge < -0.3 is 40.6 Å². The standard InChI is InChI=1S/C32H44F2N4O8/c1-5-45-30(42)37-24(15-22-14-23(33)12-13-25(22)34)16-27(39)35-19-32(3,4)20-36-29(41)28(40)26(38-31(43)46-6-2)18-44-17-21-10-8-7-9-11-21/h7-14,24,26,28,40H,5-6,15-20H2,1-4H3,(H,35,39)(H,36,41)(H,37,42)(H,38,43)/t24?,26-,28+/m1/s1. The van der Waals surface area contributed by atoms with Crippen LogP contribution in [0.1, 0.15) is 45.2 Å². The van der Waals surface area contributed by atoms with Gasteiger partial charge in [-0.05, 0) is 55.0 Å². The molecule has 0 aliphatic rings. The van der Waals surface area contributed by atoms with Gasteiger partial charge in [0.15, 0.2) is 6.10 Å². The molecule has 0 spiro atoms. The number of nitrogens with one attached hydrogen (secondary N) is 4. The Labute approximate surface area is 267 Å². The highest BCUT2D eigenvalue weighted by Gasteiger charge is 2.30. The Kier molecular flexibility index (Phi) is 15.9. The summed E-state index contributed by atoms with van der Waals surface area (Å²) >= 11 is 0. The molecule has 0 saturated carbocycles. The third kappa shape index (κ3) is 14.2. The van der Waals surface area contributed by atoms with Crippen molar-refractivity contribution >= 4 is 24.0 Å². The van der Waals surface area contributed by atoms with E-state index in [9.17, 15) is 33.1 Å². The number of hydrogen-bond donors (Lipinski definition) is 5. The first-order valence-electron chi connectivity index (χ1n) is 15.0. The van der Waals surface area contributed by atoms with Gasteiger partial charge >= 0.3 is 12.2 Å². The number of benzene rings is 2. The van der Waals surface area contributed by atoms with Gasteiger partial charge in [0, 0.05) is 25.6 Å². The highest BCUT2D eigenvalue weighted by Crippen LogP contribution is 2.15. The van der Waals surface area contributed by atoms with Crippen LogP contribution in [0.25, 0.3) is 0 Å². The van der Waals surface area contributed by atoms with Gasteiger partial charge in [-0.15, -0.1) is 0 Å². The minimum absolute atomic E-state index is 0.0163. The third-order valence-corrected chi connectivity index (χ3v) is 6.65. The first-order valence-corrected chi connectivity index (χ1v) is 15.0. The number of hydrogen-bond acceptors (Lipinski definition) is 8. The molecule has 0 aromatic heterocycles. The molecule has 0 fully saturated rings. The van der Waals surface area contributed by atoms with Crippen molar-refractivity contribution in [1.82, 2.24) is 21.3 Å². The normalized spacial score (nSPS) is 13.1. The Balaban J connectivity index is 1.94. The molecule has 2 aromatic carbocycles. The Bertz CT molecular complexity index is 1280. The monoisotopic (exact) mass is 650 g/mol. The molecule has 0 heterocycles. The van der Waals surface area contributed by atoms with E-state index in [1.54, 1.807) is 27.7 Å². The number of aliphatic hydroxyl groups is 1. The Morgan fingerprint density at radius 1 is 0.891 bits per heavy atom. The van der Waals surface area contributed by atoms with Crippen molar-refractivity contribution in [1.29, 1.82) is 0 Å². The van der Waals surface area contributed by atoms with Crippen LogP contribution in [0.4, 0.5) is 18.4 Å². The maximum Gasteiger partial charge on any atom is 0.407 e. The van der Waals surface area contributed by atoms with E-state index in [0.717, 1.165) is 23.8 Å². The summed E-state index contributed by atoms with van der Waals surface area (Å²) in [7, 11) is 0. The zero-order valence-electron chi connectivity index (χ0n) is 26.6. The summed E-state index contributed by atoms with van der Waals surface area (Å²) in [6.45, 7) is 7.02. The van der Waals surface area contributed by atoms with Gasteiger partial charge in [0.1, 0.15) is 11.6 Å².